The molecule has 0 aromatic carbocycles. The van der Waals surface area contributed by atoms with E-state index >= 15 is 0 Å². The van der Waals surface area contributed by atoms with Gasteiger partial charge in [-0.15, -0.1) is 11.3 Å². The molecule has 0 atom stereocenters. The van der Waals surface area contributed by atoms with E-state index in [1.165, 1.54) is 11.3 Å². The van der Waals surface area contributed by atoms with Gasteiger partial charge in [0.2, 0.25) is 0 Å². The van der Waals surface area contributed by atoms with Crippen molar-refractivity contribution >= 4 is 33.2 Å². The fourth-order valence-corrected chi connectivity index (χ4v) is 3.57. The van der Waals surface area contributed by atoms with Crippen molar-refractivity contribution in [2.75, 3.05) is 54.4 Å². The van der Waals surface area contributed by atoms with Crippen LogP contribution in [-0.2, 0) is 0 Å². The number of carbonyl (C=O) groups is 1. The Morgan fingerprint density at radius 1 is 1.05 bits per heavy atom. The van der Waals surface area contributed by atoms with Crippen molar-refractivity contribution in [1.29, 1.82) is 0 Å². The molecule has 21 heavy (non-hydrogen) atoms. The van der Waals surface area contributed by atoms with Gasteiger partial charge in [-0.2, -0.15) is 0 Å². The molecule has 0 spiro atoms. The van der Waals surface area contributed by atoms with Crippen molar-refractivity contribution in [3.63, 3.8) is 0 Å². The highest BCUT2D eigenvalue weighted by Gasteiger charge is 2.19. The fraction of sp³-hybridized carbons (Fsp3) is 0.667. The Balaban J connectivity index is 2.61. The smallest absolute Gasteiger partial charge is 0.265 e. The van der Waals surface area contributed by atoms with Crippen LogP contribution in [0.5, 0.6) is 0 Å². The van der Waals surface area contributed by atoms with Crippen LogP contribution in [0.2, 0.25) is 0 Å². The number of carbonyl (C=O) groups excluding carboxylic acids is 1. The first kappa shape index (κ1) is 18.6. The first-order valence-corrected chi connectivity index (χ1v) is 8.90. The number of hydrogen-bond donors (Lipinski definition) is 0. The van der Waals surface area contributed by atoms with Gasteiger partial charge in [-0.1, -0.05) is 0 Å². The molecule has 120 valence electrons. The zero-order valence-corrected chi connectivity index (χ0v) is 15.8. The molecule has 6 heteroatoms. The molecular formula is C15H26BrN3OS. The minimum Gasteiger partial charge on any atom is -0.338 e. The SMILES string of the molecule is CN(C)CCCN(CCCN(C)C)C(=O)c1sccc1Br. The molecule has 0 aliphatic rings. The first-order valence-electron chi connectivity index (χ1n) is 7.23. The van der Waals surface area contributed by atoms with Crippen molar-refractivity contribution < 1.29 is 4.79 Å². The Hall–Kier alpha value is -0.430. The summed E-state index contributed by atoms with van der Waals surface area (Å²) in [7, 11) is 8.25. The van der Waals surface area contributed by atoms with Crippen LogP contribution in [0.15, 0.2) is 15.9 Å². The molecule has 0 aliphatic heterocycles. The molecule has 1 aromatic rings. The van der Waals surface area contributed by atoms with E-state index in [9.17, 15) is 4.79 Å². The van der Waals surface area contributed by atoms with Crippen LogP contribution in [-0.4, -0.2) is 75.0 Å². The lowest BCUT2D eigenvalue weighted by Crippen LogP contribution is -2.35. The summed E-state index contributed by atoms with van der Waals surface area (Å²) in [5, 5.41) is 1.95. The maximum atomic E-state index is 12.7. The molecule has 1 amide bonds. The number of halogens is 1. The third-order valence-electron chi connectivity index (χ3n) is 3.17. The zero-order valence-electron chi connectivity index (χ0n) is 13.4. The average Bonchev–Trinajstić information content (AvgIpc) is 2.81. The van der Waals surface area contributed by atoms with E-state index in [4.69, 9.17) is 0 Å². The zero-order chi connectivity index (χ0) is 15.8. The van der Waals surface area contributed by atoms with E-state index in [0.717, 1.165) is 48.4 Å². The number of thiophene rings is 1. The third-order valence-corrected chi connectivity index (χ3v) is 4.99. The summed E-state index contributed by atoms with van der Waals surface area (Å²) in [6, 6.07) is 1.94. The molecule has 1 heterocycles. The molecule has 1 rings (SSSR count). The normalized spacial score (nSPS) is 11.4. The van der Waals surface area contributed by atoms with E-state index in [1.54, 1.807) is 0 Å². The summed E-state index contributed by atoms with van der Waals surface area (Å²) < 4.78 is 0.905. The quantitative estimate of drug-likeness (QED) is 0.663. The molecule has 1 aromatic heterocycles. The highest BCUT2D eigenvalue weighted by Crippen LogP contribution is 2.24. The molecule has 0 fully saturated rings. The van der Waals surface area contributed by atoms with Gasteiger partial charge in [0.25, 0.3) is 5.91 Å². The fourth-order valence-electron chi connectivity index (χ4n) is 2.06. The van der Waals surface area contributed by atoms with E-state index in [2.05, 4.69) is 53.9 Å². The molecule has 0 N–H and O–H groups in total. The molecule has 0 aliphatic carbocycles. The van der Waals surface area contributed by atoms with Crippen LogP contribution < -0.4 is 0 Å². The molecule has 4 nitrogen and oxygen atoms in total. The van der Waals surface area contributed by atoms with Crippen LogP contribution in [0.1, 0.15) is 22.5 Å². The Kier molecular flexibility index (Phi) is 8.48. The van der Waals surface area contributed by atoms with Gasteiger partial charge in [-0.3, -0.25) is 4.79 Å². The standard InChI is InChI=1S/C15H26BrN3OS/c1-17(2)8-5-10-19(11-6-9-18(3)4)15(20)14-13(16)7-12-21-14/h7,12H,5-6,8-11H2,1-4H3. The van der Waals surface area contributed by atoms with Gasteiger partial charge in [0, 0.05) is 17.6 Å². The monoisotopic (exact) mass is 375 g/mol. The van der Waals surface area contributed by atoms with E-state index in [0.29, 0.717) is 0 Å². The van der Waals surface area contributed by atoms with Crippen molar-refractivity contribution in [3.8, 4) is 0 Å². The van der Waals surface area contributed by atoms with Crippen LogP contribution in [0.4, 0.5) is 0 Å². The largest absolute Gasteiger partial charge is 0.338 e. The van der Waals surface area contributed by atoms with Crippen LogP contribution in [0.25, 0.3) is 0 Å². The maximum Gasteiger partial charge on any atom is 0.265 e. The second kappa shape index (κ2) is 9.56. The molecule has 0 radical (unpaired) electrons. The van der Waals surface area contributed by atoms with Crippen molar-refractivity contribution in [2.24, 2.45) is 0 Å². The number of rotatable bonds is 9. The molecular weight excluding hydrogens is 350 g/mol. The van der Waals surface area contributed by atoms with Crippen LogP contribution in [0, 0.1) is 0 Å². The van der Waals surface area contributed by atoms with Crippen LogP contribution >= 0.6 is 27.3 Å². The van der Waals surface area contributed by atoms with Gasteiger partial charge in [0.05, 0.1) is 0 Å². The second-order valence-electron chi connectivity index (χ2n) is 5.70. The third kappa shape index (κ3) is 6.91. The molecule has 0 unspecified atom stereocenters. The van der Waals surface area contributed by atoms with Gasteiger partial charge in [-0.05, 0) is 81.5 Å². The van der Waals surface area contributed by atoms with Gasteiger partial charge in [0.15, 0.2) is 0 Å². The Bertz CT molecular complexity index is 420. The van der Waals surface area contributed by atoms with Gasteiger partial charge >= 0.3 is 0 Å². The Morgan fingerprint density at radius 2 is 1.57 bits per heavy atom. The van der Waals surface area contributed by atoms with Gasteiger partial charge < -0.3 is 14.7 Å². The number of hydrogen-bond acceptors (Lipinski definition) is 4. The average molecular weight is 376 g/mol. The van der Waals surface area contributed by atoms with Crippen LogP contribution in [0.3, 0.4) is 0 Å². The highest BCUT2D eigenvalue weighted by molar-refractivity contribution is 9.10. The Morgan fingerprint density at radius 3 is 1.95 bits per heavy atom. The second-order valence-corrected chi connectivity index (χ2v) is 7.47. The summed E-state index contributed by atoms with van der Waals surface area (Å²) in [5.74, 6) is 0.148. The highest BCUT2D eigenvalue weighted by atomic mass is 79.9. The predicted octanol–water partition coefficient (Wildman–Crippen LogP) is 2.86. The summed E-state index contributed by atoms with van der Waals surface area (Å²) in [4.78, 5) is 19.8. The number of amides is 1. The minimum absolute atomic E-state index is 0.148. The lowest BCUT2D eigenvalue weighted by molar-refractivity contribution is 0.0749. The lowest BCUT2D eigenvalue weighted by atomic mass is 10.3. The number of nitrogens with zero attached hydrogens (tertiary/aromatic N) is 3. The van der Waals surface area contributed by atoms with Gasteiger partial charge in [0.1, 0.15) is 4.88 Å². The van der Waals surface area contributed by atoms with Gasteiger partial charge in [-0.25, -0.2) is 0 Å². The van der Waals surface area contributed by atoms with E-state index in [1.807, 2.05) is 16.3 Å². The van der Waals surface area contributed by atoms with Crippen molar-refractivity contribution in [1.82, 2.24) is 14.7 Å². The van der Waals surface area contributed by atoms with E-state index in [-0.39, 0.29) is 5.91 Å². The lowest BCUT2D eigenvalue weighted by Gasteiger charge is -2.24. The summed E-state index contributed by atoms with van der Waals surface area (Å²) in [5.41, 5.74) is 0. The molecule has 0 bridgehead atoms. The topological polar surface area (TPSA) is 26.8 Å². The summed E-state index contributed by atoms with van der Waals surface area (Å²) in [6.07, 6.45) is 2.01. The van der Waals surface area contributed by atoms with Crippen molar-refractivity contribution in [3.05, 3.63) is 20.8 Å². The molecule has 0 saturated carbocycles. The maximum absolute atomic E-state index is 12.7. The minimum atomic E-state index is 0.148. The summed E-state index contributed by atoms with van der Waals surface area (Å²) in [6.45, 7) is 3.63. The molecule has 0 saturated heterocycles. The Labute approximate surface area is 140 Å². The summed E-state index contributed by atoms with van der Waals surface area (Å²) >= 11 is 4.97. The first-order chi connectivity index (χ1) is 9.91. The predicted molar refractivity (Wildman–Crippen MR) is 94.3 cm³/mol. The van der Waals surface area contributed by atoms with E-state index < -0.39 is 0 Å². The van der Waals surface area contributed by atoms with Crippen molar-refractivity contribution in [2.45, 2.75) is 12.8 Å².